The van der Waals surface area contributed by atoms with E-state index in [1.54, 1.807) is 13.3 Å². The van der Waals surface area contributed by atoms with Gasteiger partial charge in [0.1, 0.15) is 5.75 Å². The van der Waals surface area contributed by atoms with Crippen LogP contribution in [0.25, 0.3) is 10.9 Å². The second kappa shape index (κ2) is 6.55. The molecule has 4 rings (SSSR count). The fraction of sp³-hybridized carbons (Fsp3) is 0.238. The van der Waals surface area contributed by atoms with Crippen LogP contribution in [0.2, 0.25) is 0 Å². The zero-order valence-corrected chi connectivity index (χ0v) is 14.2. The molecule has 0 aliphatic heterocycles. The van der Waals surface area contributed by atoms with Gasteiger partial charge in [0.2, 0.25) is 0 Å². The number of carbonyl (C=O) groups is 1. The first kappa shape index (κ1) is 15.6. The topological polar surface area (TPSA) is 42.4 Å². The monoisotopic (exact) mass is 332 g/mol. The van der Waals surface area contributed by atoms with Crippen LogP contribution < -0.4 is 4.74 Å². The molecule has 0 unspecified atom stereocenters. The van der Waals surface area contributed by atoms with Gasteiger partial charge in [0, 0.05) is 29.7 Å². The van der Waals surface area contributed by atoms with E-state index in [2.05, 4.69) is 4.98 Å². The van der Waals surface area contributed by atoms with Gasteiger partial charge in [-0.25, -0.2) is 0 Å². The molecule has 1 aliphatic rings. The lowest BCUT2D eigenvalue weighted by Gasteiger charge is -2.23. The molecule has 1 amide bonds. The maximum Gasteiger partial charge on any atom is 0.255 e. The minimum atomic E-state index is 0.0805. The van der Waals surface area contributed by atoms with Crippen molar-refractivity contribution in [3.63, 3.8) is 0 Å². The Kier molecular flexibility index (Phi) is 4.10. The molecule has 0 spiro atoms. The highest BCUT2D eigenvalue weighted by atomic mass is 16.5. The molecule has 2 aromatic carbocycles. The van der Waals surface area contributed by atoms with Crippen LogP contribution in [0.3, 0.4) is 0 Å². The van der Waals surface area contributed by atoms with Crippen LogP contribution in [0.15, 0.2) is 60.8 Å². The molecule has 0 atom stereocenters. The van der Waals surface area contributed by atoms with Crippen molar-refractivity contribution in [2.24, 2.45) is 0 Å². The Morgan fingerprint density at radius 3 is 2.64 bits per heavy atom. The van der Waals surface area contributed by atoms with Crippen LogP contribution in [0.1, 0.15) is 28.8 Å². The van der Waals surface area contributed by atoms with Crippen LogP contribution in [-0.4, -0.2) is 28.9 Å². The van der Waals surface area contributed by atoms with Gasteiger partial charge in [-0.3, -0.25) is 9.78 Å². The molecule has 1 aliphatic carbocycles. The summed E-state index contributed by atoms with van der Waals surface area (Å²) in [5, 5.41) is 0.912. The highest BCUT2D eigenvalue weighted by Crippen LogP contribution is 2.31. The first-order valence-electron chi connectivity index (χ1n) is 8.54. The van der Waals surface area contributed by atoms with Crippen molar-refractivity contribution >= 4 is 16.8 Å². The van der Waals surface area contributed by atoms with Crippen LogP contribution in [0.4, 0.5) is 0 Å². The van der Waals surface area contributed by atoms with Gasteiger partial charge in [-0.2, -0.15) is 0 Å². The average molecular weight is 332 g/mol. The molecule has 4 nitrogen and oxygen atoms in total. The number of carbonyl (C=O) groups excluding carboxylic acids is 1. The molecule has 0 radical (unpaired) electrons. The number of ether oxygens (including phenoxy) is 1. The number of pyridine rings is 1. The van der Waals surface area contributed by atoms with E-state index >= 15 is 0 Å². The Morgan fingerprint density at radius 2 is 1.92 bits per heavy atom. The van der Waals surface area contributed by atoms with Crippen molar-refractivity contribution < 1.29 is 9.53 Å². The number of amides is 1. The lowest BCUT2D eigenvalue weighted by molar-refractivity contribution is 0.0732. The Hall–Kier alpha value is -2.88. The van der Waals surface area contributed by atoms with E-state index in [0.29, 0.717) is 12.6 Å². The Balaban J connectivity index is 1.64. The summed E-state index contributed by atoms with van der Waals surface area (Å²) in [4.78, 5) is 19.6. The van der Waals surface area contributed by atoms with Crippen molar-refractivity contribution in [3.8, 4) is 5.75 Å². The molecule has 1 saturated carbocycles. The van der Waals surface area contributed by atoms with E-state index in [1.165, 1.54) is 0 Å². The van der Waals surface area contributed by atoms with Crippen molar-refractivity contribution in [1.82, 2.24) is 9.88 Å². The third-order valence-electron chi connectivity index (χ3n) is 4.64. The van der Waals surface area contributed by atoms with E-state index in [-0.39, 0.29) is 5.91 Å². The predicted octanol–water partition coefficient (Wildman–Crippen LogP) is 4.05. The van der Waals surface area contributed by atoms with Gasteiger partial charge in [0.05, 0.1) is 12.6 Å². The average Bonchev–Trinajstić information content (AvgIpc) is 3.50. The number of rotatable bonds is 5. The summed E-state index contributed by atoms with van der Waals surface area (Å²) in [5.41, 5.74) is 2.69. The SMILES string of the molecule is COc1ccc(CN(C(=O)c2cccc3ncccc23)C2CC2)cc1. The number of nitrogens with zero attached hydrogens (tertiary/aromatic N) is 2. The summed E-state index contributed by atoms with van der Waals surface area (Å²) in [6, 6.07) is 17.8. The predicted molar refractivity (Wildman–Crippen MR) is 97.6 cm³/mol. The second-order valence-electron chi connectivity index (χ2n) is 6.39. The number of hydrogen-bond donors (Lipinski definition) is 0. The Morgan fingerprint density at radius 1 is 1.12 bits per heavy atom. The summed E-state index contributed by atoms with van der Waals surface area (Å²) in [6.07, 6.45) is 3.91. The van der Waals surface area contributed by atoms with Crippen molar-refractivity contribution in [3.05, 3.63) is 71.9 Å². The fourth-order valence-electron chi connectivity index (χ4n) is 3.13. The molecule has 0 saturated heterocycles. The highest BCUT2D eigenvalue weighted by Gasteiger charge is 2.33. The molecule has 25 heavy (non-hydrogen) atoms. The smallest absolute Gasteiger partial charge is 0.255 e. The van der Waals surface area contributed by atoms with Crippen LogP contribution in [-0.2, 0) is 6.54 Å². The normalized spacial score (nSPS) is 13.6. The molecular weight excluding hydrogens is 312 g/mol. The first-order chi connectivity index (χ1) is 12.3. The van der Waals surface area contributed by atoms with E-state index < -0.39 is 0 Å². The standard InChI is InChI=1S/C21H20N2O2/c1-25-17-11-7-15(8-12-17)14-23(16-9-10-16)21(24)19-4-2-6-20-18(19)5-3-13-22-20/h2-8,11-13,16H,9-10,14H2,1H3. The Labute approximate surface area is 147 Å². The van der Waals surface area contributed by atoms with Gasteiger partial charge in [-0.05, 0) is 48.7 Å². The number of aromatic nitrogens is 1. The number of benzene rings is 2. The molecule has 1 fully saturated rings. The third kappa shape index (κ3) is 3.20. The minimum Gasteiger partial charge on any atom is -0.497 e. The number of fused-ring (bicyclic) bond motifs is 1. The van der Waals surface area contributed by atoms with Crippen molar-refractivity contribution in [2.45, 2.75) is 25.4 Å². The van der Waals surface area contributed by atoms with E-state index in [9.17, 15) is 4.79 Å². The molecule has 0 N–H and O–H groups in total. The van der Waals surface area contributed by atoms with Crippen molar-refractivity contribution in [2.75, 3.05) is 7.11 Å². The summed E-state index contributed by atoms with van der Waals surface area (Å²) < 4.78 is 5.21. The largest absolute Gasteiger partial charge is 0.497 e. The molecule has 1 aromatic heterocycles. The Bertz CT molecular complexity index is 896. The van der Waals surface area contributed by atoms with E-state index in [0.717, 1.165) is 40.6 Å². The zero-order chi connectivity index (χ0) is 17.2. The lowest BCUT2D eigenvalue weighted by atomic mass is 10.1. The minimum absolute atomic E-state index is 0.0805. The molecule has 126 valence electrons. The fourth-order valence-corrected chi connectivity index (χ4v) is 3.13. The van der Waals surface area contributed by atoms with Gasteiger partial charge in [0.15, 0.2) is 0 Å². The summed E-state index contributed by atoms with van der Waals surface area (Å²) in [5.74, 6) is 0.907. The number of hydrogen-bond acceptors (Lipinski definition) is 3. The molecule has 0 bridgehead atoms. The summed E-state index contributed by atoms with van der Waals surface area (Å²) >= 11 is 0. The maximum atomic E-state index is 13.2. The van der Waals surface area contributed by atoms with Gasteiger partial charge >= 0.3 is 0 Å². The lowest BCUT2D eigenvalue weighted by Crippen LogP contribution is -2.32. The van der Waals surface area contributed by atoms with Crippen LogP contribution in [0, 0.1) is 0 Å². The van der Waals surface area contributed by atoms with Gasteiger partial charge in [-0.1, -0.05) is 24.3 Å². The van der Waals surface area contributed by atoms with Gasteiger partial charge in [-0.15, -0.1) is 0 Å². The van der Waals surface area contributed by atoms with Gasteiger partial charge in [0.25, 0.3) is 5.91 Å². The maximum absolute atomic E-state index is 13.2. The quantitative estimate of drug-likeness (QED) is 0.708. The first-order valence-corrected chi connectivity index (χ1v) is 8.54. The highest BCUT2D eigenvalue weighted by molar-refractivity contribution is 6.06. The second-order valence-corrected chi connectivity index (χ2v) is 6.39. The van der Waals surface area contributed by atoms with Crippen molar-refractivity contribution in [1.29, 1.82) is 0 Å². The summed E-state index contributed by atoms with van der Waals surface area (Å²) in [6.45, 7) is 0.615. The molecular formula is C21H20N2O2. The third-order valence-corrected chi connectivity index (χ3v) is 4.64. The zero-order valence-electron chi connectivity index (χ0n) is 14.2. The van der Waals surface area contributed by atoms with E-state index in [1.807, 2.05) is 59.5 Å². The molecule has 3 aromatic rings. The van der Waals surface area contributed by atoms with Gasteiger partial charge < -0.3 is 9.64 Å². The van der Waals surface area contributed by atoms with Crippen LogP contribution >= 0.6 is 0 Å². The van der Waals surface area contributed by atoms with Crippen LogP contribution in [0.5, 0.6) is 5.75 Å². The molecule has 4 heteroatoms. The molecule has 1 heterocycles. The van der Waals surface area contributed by atoms with E-state index in [4.69, 9.17) is 4.74 Å². The number of methoxy groups -OCH3 is 1. The summed E-state index contributed by atoms with van der Waals surface area (Å²) in [7, 11) is 1.66.